The number of fused-ring (bicyclic) bond motifs is 1. The number of nitrogens with one attached hydrogen (secondary N) is 1. The molecule has 0 aliphatic carbocycles. The average molecular weight is 279 g/mol. The average Bonchev–Trinajstić information content (AvgIpc) is 2.98. The van der Waals surface area contributed by atoms with Crippen molar-refractivity contribution in [3.8, 4) is 0 Å². The van der Waals surface area contributed by atoms with E-state index in [9.17, 15) is 9.90 Å². The van der Waals surface area contributed by atoms with Gasteiger partial charge in [-0.15, -0.1) is 11.3 Å². The zero-order valence-corrected chi connectivity index (χ0v) is 11.1. The second-order valence-corrected chi connectivity index (χ2v) is 5.71. The van der Waals surface area contributed by atoms with Gasteiger partial charge in [0.25, 0.3) is 0 Å². The zero-order chi connectivity index (χ0) is 13.5. The van der Waals surface area contributed by atoms with E-state index in [1.165, 1.54) is 17.7 Å². The van der Waals surface area contributed by atoms with Crippen LogP contribution < -0.4 is 5.32 Å². The van der Waals surface area contributed by atoms with Crippen LogP contribution >= 0.6 is 11.3 Å². The van der Waals surface area contributed by atoms with Crippen LogP contribution in [0.2, 0.25) is 0 Å². The Kier molecular flexibility index (Phi) is 2.87. The zero-order valence-electron chi connectivity index (χ0n) is 10.3. The Hall–Kier alpha value is -1.73. The number of anilines is 1. The van der Waals surface area contributed by atoms with Crippen molar-refractivity contribution in [2.45, 2.75) is 13.0 Å². The topological polar surface area (TPSA) is 84.3 Å². The molecule has 6 nitrogen and oxygen atoms in total. The molecule has 0 aromatic carbocycles. The Morgan fingerprint density at radius 3 is 3.26 bits per heavy atom. The molecule has 0 amide bonds. The predicted molar refractivity (Wildman–Crippen MR) is 71.4 cm³/mol. The lowest BCUT2D eigenvalue weighted by Crippen LogP contribution is -2.43. The van der Waals surface area contributed by atoms with Crippen molar-refractivity contribution in [1.29, 1.82) is 0 Å². The summed E-state index contributed by atoms with van der Waals surface area (Å²) >= 11 is 1.53. The standard InChI is InChI=1S/C12H13N3O3S/c1-12(11(16)17)5-18-4-8(12)15-10-9-7(2-3-19-9)13-6-14-10/h2-3,6,8H,4-5H2,1H3,(H,16,17)(H,13,14,15). The highest BCUT2D eigenvalue weighted by Gasteiger charge is 2.47. The number of aromatic nitrogens is 2. The molecule has 0 radical (unpaired) electrons. The van der Waals surface area contributed by atoms with Gasteiger partial charge in [-0.1, -0.05) is 0 Å². The van der Waals surface area contributed by atoms with Crippen LogP contribution in [0.1, 0.15) is 6.92 Å². The molecule has 2 aromatic rings. The maximum atomic E-state index is 11.4. The summed E-state index contributed by atoms with van der Waals surface area (Å²) in [7, 11) is 0. The summed E-state index contributed by atoms with van der Waals surface area (Å²) in [6.45, 7) is 2.26. The van der Waals surface area contributed by atoms with Crippen LogP contribution in [-0.2, 0) is 9.53 Å². The first-order valence-electron chi connectivity index (χ1n) is 5.87. The first kappa shape index (κ1) is 12.3. The van der Waals surface area contributed by atoms with E-state index in [1.807, 2.05) is 11.4 Å². The van der Waals surface area contributed by atoms with Crippen molar-refractivity contribution in [3.63, 3.8) is 0 Å². The van der Waals surface area contributed by atoms with E-state index in [0.29, 0.717) is 12.4 Å². The Morgan fingerprint density at radius 1 is 1.63 bits per heavy atom. The van der Waals surface area contributed by atoms with Crippen LogP contribution in [0.4, 0.5) is 5.82 Å². The van der Waals surface area contributed by atoms with E-state index >= 15 is 0 Å². The van der Waals surface area contributed by atoms with E-state index in [4.69, 9.17) is 4.74 Å². The molecule has 2 aromatic heterocycles. The molecular weight excluding hydrogens is 266 g/mol. The fourth-order valence-corrected chi connectivity index (χ4v) is 2.94. The second-order valence-electron chi connectivity index (χ2n) is 4.79. The van der Waals surface area contributed by atoms with Crippen molar-refractivity contribution < 1.29 is 14.6 Å². The Bertz CT molecular complexity index is 629. The normalized spacial score (nSPS) is 26.7. The fourth-order valence-electron chi connectivity index (χ4n) is 2.14. The highest BCUT2D eigenvalue weighted by atomic mass is 32.1. The number of carboxylic acids is 1. The molecule has 100 valence electrons. The van der Waals surface area contributed by atoms with Crippen molar-refractivity contribution in [2.24, 2.45) is 5.41 Å². The first-order chi connectivity index (χ1) is 9.11. The monoisotopic (exact) mass is 279 g/mol. The van der Waals surface area contributed by atoms with E-state index in [0.717, 1.165) is 10.2 Å². The fraction of sp³-hybridized carbons (Fsp3) is 0.417. The molecule has 3 rings (SSSR count). The summed E-state index contributed by atoms with van der Waals surface area (Å²) in [4.78, 5) is 19.8. The van der Waals surface area contributed by atoms with Gasteiger partial charge in [0.2, 0.25) is 0 Å². The summed E-state index contributed by atoms with van der Waals surface area (Å²) in [5.74, 6) is -0.193. The minimum absolute atomic E-state index is 0.207. The maximum absolute atomic E-state index is 11.4. The summed E-state index contributed by atoms with van der Waals surface area (Å²) in [5, 5.41) is 14.5. The van der Waals surface area contributed by atoms with Crippen LogP contribution in [0.3, 0.4) is 0 Å². The third-order valence-corrected chi connectivity index (χ3v) is 4.41. The minimum Gasteiger partial charge on any atom is -0.481 e. The lowest BCUT2D eigenvalue weighted by molar-refractivity contribution is -0.148. The van der Waals surface area contributed by atoms with Gasteiger partial charge in [0, 0.05) is 0 Å². The van der Waals surface area contributed by atoms with E-state index in [-0.39, 0.29) is 12.6 Å². The third-order valence-electron chi connectivity index (χ3n) is 3.50. The number of carboxylic acid groups (broad SMARTS) is 1. The van der Waals surface area contributed by atoms with Gasteiger partial charge >= 0.3 is 5.97 Å². The van der Waals surface area contributed by atoms with Crippen molar-refractivity contribution in [2.75, 3.05) is 18.5 Å². The largest absolute Gasteiger partial charge is 0.481 e. The van der Waals surface area contributed by atoms with E-state index in [1.54, 1.807) is 6.92 Å². The number of nitrogens with zero attached hydrogens (tertiary/aromatic N) is 2. The van der Waals surface area contributed by atoms with E-state index < -0.39 is 11.4 Å². The summed E-state index contributed by atoms with van der Waals surface area (Å²) in [6.07, 6.45) is 1.48. The van der Waals surface area contributed by atoms with Gasteiger partial charge in [-0.05, 0) is 18.4 Å². The summed E-state index contributed by atoms with van der Waals surface area (Å²) in [6, 6.07) is 1.61. The van der Waals surface area contributed by atoms with Gasteiger partial charge in [-0.25, -0.2) is 9.97 Å². The summed E-state index contributed by atoms with van der Waals surface area (Å²) < 4.78 is 6.25. The molecule has 1 aliphatic rings. The number of hydrogen-bond donors (Lipinski definition) is 2. The van der Waals surface area contributed by atoms with Gasteiger partial charge < -0.3 is 15.2 Å². The van der Waals surface area contributed by atoms with Gasteiger partial charge in [0.1, 0.15) is 17.6 Å². The second kappa shape index (κ2) is 4.43. The number of ether oxygens (including phenoxy) is 1. The van der Waals surface area contributed by atoms with Crippen molar-refractivity contribution in [1.82, 2.24) is 9.97 Å². The molecule has 3 heterocycles. The smallest absolute Gasteiger partial charge is 0.313 e. The predicted octanol–water partition coefficient (Wildman–Crippen LogP) is 1.59. The lowest BCUT2D eigenvalue weighted by Gasteiger charge is -2.25. The molecule has 0 bridgehead atoms. The molecule has 2 unspecified atom stereocenters. The molecule has 1 fully saturated rings. The van der Waals surface area contributed by atoms with Crippen LogP contribution in [-0.4, -0.2) is 40.3 Å². The SMILES string of the molecule is CC1(C(=O)O)COCC1Nc1ncnc2ccsc12. The number of hydrogen-bond acceptors (Lipinski definition) is 6. The molecule has 1 saturated heterocycles. The number of thiophene rings is 1. The van der Waals surface area contributed by atoms with Crippen LogP contribution in [0.25, 0.3) is 10.2 Å². The highest BCUT2D eigenvalue weighted by molar-refractivity contribution is 7.17. The number of carbonyl (C=O) groups is 1. The summed E-state index contributed by atoms with van der Waals surface area (Å²) in [5.41, 5.74) is -0.0763. The lowest BCUT2D eigenvalue weighted by atomic mass is 9.85. The Morgan fingerprint density at radius 2 is 2.47 bits per heavy atom. The van der Waals surface area contributed by atoms with Crippen LogP contribution in [0.5, 0.6) is 0 Å². The molecule has 1 aliphatic heterocycles. The molecule has 7 heteroatoms. The molecule has 0 saturated carbocycles. The first-order valence-corrected chi connectivity index (χ1v) is 6.75. The van der Waals surface area contributed by atoms with Gasteiger partial charge in [0.15, 0.2) is 0 Å². The van der Waals surface area contributed by atoms with Crippen LogP contribution in [0, 0.1) is 5.41 Å². The van der Waals surface area contributed by atoms with E-state index in [2.05, 4.69) is 15.3 Å². The number of aliphatic carboxylic acids is 1. The minimum atomic E-state index is -0.936. The third kappa shape index (κ3) is 1.95. The maximum Gasteiger partial charge on any atom is 0.313 e. The molecule has 19 heavy (non-hydrogen) atoms. The van der Waals surface area contributed by atoms with Gasteiger partial charge in [0.05, 0.1) is 29.5 Å². The Balaban J connectivity index is 1.93. The molecule has 2 atom stereocenters. The highest BCUT2D eigenvalue weighted by Crippen LogP contribution is 2.33. The molecule has 2 N–H and O–H groups in total. The molecular formula is C12H13N3O3S. The van der Waals surface area contributed by atoms with Crippen molar-refractivity contribution in [3.05, 3.63) is 17.8 Å². The number of rotatable bonds is 3. The van der Waals surface area contributed by atoms with Crippen molar-refractivity contribution >= 4 is 33.3 Å². The van der Waals surface area contributed by atoms with Gasteiger partial charge in [-0.2, -0.15) is 0 Å². The molecule has 0 spiro atoms. The Labute approximate surface area is 113 Å². The quantitative estimate of drug-likeness (QED) is 0.887. The van der Waals surface area contributed by atoms with Crippen LogP contribution in [0.15, 0.2) is 17.8 Å². The van der Waals surface area contributed by atoms with Gasteiger partial charge in [-0.3, -0.25) is 4.79 Å².